The Balaban J connectivity index is 0.000000278. The number of nitrogens with zero attached hydrogens (tertiary/aromatic N) is 1. The van der Waals surface area contributed by atoms with Gasteiger partial charge >= 0.3 is 6.09 Å². The number of rotatable bonds is 13. The maximum atomic E-state index is 11.4. The third-order valence-electron chi connectivity index (χ3n) is 4.94. The van der Waals surface area contributed by atoms with Crippen LogP contribution >= 0.6 is 0 Å². The first-order valence-corrected chi connectivity index (χ1v) is 11.9. The number of benzene rings is 1. The summed E-state index contributed by atoms with van der Waals surface area (Å²) in [6.45, 7) is 5.58. The van der Waals surface area contributed by atoms with Crippen LogP contribution in [-0.4, -0.2) is 101 Å². The molecule has 3 rings (SSSR count). The summed E-state index contributed by atoms with van der Waals surface area (Å²) >= 11 is 0. The Morgan fingerprint density at radius 2 is 1.58 bits per heavy atom. The first-order chi connectivity index (χ1) is 17.6. The highest BCUT2D eigenvalue weighted by Gasteiger charge is 2.37. The summed E-state index contributed by atoms with van der Waals surface area (Å²) in [5.74, 6) is 5.31. The van der Waals surface area contributed by atoms with E-state index in [-0.39, 0.29) is 12.3 Å². The number of nitrogens with two attached hydrogens (primary N) is 1. The smallest absolute Gasteiger partial charge is 0.410 e. The van der Waals surface area contributed by atoms with Crippen LogP contribution in [0.2, 0.25) is 0 Å². The van der Waals surface area contributed by atoms with Crippen molar-refractivity contribution >= 4 is 17.9 Å². The molecule has 0 aromatic heterocycles. The highest BCUT2D eigenvalue weighted by atomic mass is 16.6. The first-order valence-electron chi connectivity index (χ1n) is 11.9. The fourth-order valence-electron chi connectivity index (χ4n) is 3.19. The second kappa shape index (κ2) is 18.3. The molecule has 2 heterocycles. The van der Waals surface area contributed by atoms with Gasteiger partial charge in [0.25, 0.3) is 0 Å². The van der Waals surface area contributed by atoms with Crippen LogP contribution in [0, 0.1) is 11.8 Å². The minimum Gasteiger partial charge on any atom is -0.448 e. The Morgan fingerprint density at radius 1 is 0.944 bits per heavy atom. The summed E-state index contributed by atoms with van der Waals surface area (Å²) in [7, 11) is 0. The maximum absolute atomic E-state index is 11.4. The van der Waals surface area contributed by atoms with Gasteiger partial charge in [-0.25, -0.2) is 4.79 Å². The van der Waals surface area contributed by atoms with Crippen LogP contribution in [-0.2, 0) is 33.3 Å². The minimum atomic E-state index is -0.539. The molecule has 2 saturated heterocycles. The Hall–Kier alpha value is -3.01. The minimum absolute atomic E-state index is 0.278. The SMILES string of the molecule is NCCOCCOCCOCCOCC#Cc1ccccc1.O=C1CCC(N2CCOC2=O)C(=O)N1. The van der Waals surface area contributed by atoms with Crippen LogP contribution in [0.1, 0.15) is 18.4 Å². The van der Waals surface area contributed by atoms with Crippen LogP contribution in [0.3, 0.4) is 0 Å². The molecule has 2 fully saturated rings. The van der Waals surface area contributed by atoms with E-state index in [9.17, 15) is 14.4 Å². The zero-order valence-electron chi connectivity index (χ0n) is 20.4. The molecule has 1 atom stereocenters. The fraction of sp³-hybridized carbons (Fsp3) is 0.560. The van der Waals surface area contributed by atoms with Crippen molar-refractivity contribution in [2.24, 2.45) is 5.73 Å². The average Bonchev–Trinajstić information content (AvgIpc) is 3.31. The van der Waals surface area contributed by atoms with Gasteiger partial charge in [0.15, 0.2) is 0 Å². The van der Waals surface area contributed by atoms with Crippen molar-refractivity contribution < 1.29 is 38.1 Å². The van der Waals surface area contributed by atoms with Gasteiger partial charge in [0, 0.05) is 18.5 Å². The molecule has 2 aliphatic heterocycles. The third kappa shape index (κ3) is 12.1. The predicted octanol–water partition coefficient (Wildman–Crippen LogP) is 0.307. The summed E-state index contributed by atoms with van der Waals surface area (Å²) in [6, 6.07) is 9.29. The number of ether oxygens (including phenoxy) is 5. The second-order valence-corrected chi connectivity index (χ2v) is 7.62. The maximum Gasteiger partial charge on any atom is 0.410 e. The number of cyclic esters (lactones) is 1. The molecule has 11 nitrogen and oxygen atoms in total. The van der Waals surface area contributed by atoms with Gasteiger partial charge in [0.2, 0.25) is 11.8 Å². The number of nitrogens with one attached hydrogen (secondary N) is 1. The van der Waals surface area contributed by atoms with Crippen LogP contribution in [0.25, 0.3) is 0 Å². The number of imide groups is 1. The van der Waals surface area contributed by atoms with E-state index in [4.69, 9.17) is 29.4 Å². The predicted molar refractivity (Wildman–Crippen MR) is 130 cm³/mol. The topological polar surface area (TPSA) is 139 Å². The van der Waals surface area contributed by atoms with Gasteiger partial charge in [-0.3, -0.25) is 19.8 Å². The van der Waals surface area contributed by atoms with Crippen molar-refractivity contribution in [1.29, 1.82) is 0 Å². The van der Waals surface area contributed by atoms with E-state index >= 15 is 0 Å². The van der Waals surface area contributed by atoms with Crippen LogP contribution < -0.4 is 11.1 Å². The summed E-state index contributed by atoms with van der Waals surface area (Å²) < 4.78 is 25.9. The number of piperidine rings is 1. The summed E-state index contributed by atoms with van der Waals surface area (Å²) in [5, 5.41) is 2.20. The van der Waals surface area contributed by atoms with E-state index in [2.05, 4.69) is 17.2 Å². The van der Waals surface area contributed by atoms with Gasteiger partial charge in [-0.2, -0.15) is 0 Å². The van der Waals surface area contributed by atoms with Crippen molar-refractivity contribution in [3.63, 3.8) is 0 Å². The lowest BCUT2D eigenvalue weighted by Gasteiger charge is -2.27. The molecule has 1 unspecified atom stereocenters. The Bertz CT molecular complexity index is 856. The molecule has 1 aromatic rings. The summed E-state index contributed by atoms with van der Waals surface area (Å²) in [5.41, 5.74) is 6.29. The lowest BCUT2D eigenvalue weighted by atomic mass is 10.1. The number of carbonyl (C=O) groups excluding carboxylic acids is 3. The van der Waals surface area contributed by atoms with E-state index in [0.717, 1.165) is 5.56 Å². The molecule has 0 spiro atoms. The van der Waals surface area contributed by atoms with Gasteiger partial charge in [0.1, 0.15) is 19.3 Å². The van der Waals surface area contributed by atoms with Gasteiger partial charge in [-0.15, -0.1) is 0 Å². The molecule has 1 aromatic carbocycles. The summed E-state index contributed by atoms with van der Waals surface area (Å²) in [6.07, 6.45) is 0.194. The number of hydrogen-bond donors (Lipinski definition) is 2. The molecule has 2 aliphatic rings. The van der Waals surface area contributed by atoms with E-state index in [0.29, 0.717) is 79.0 Å². The largest absolute Gasteiger partial charge is 0.448 e. The number of carbonyl (C=O) groups is 3. The molecule has 198 valence electrons. The number of hydrogen-bond acceptors (Lipinski definition) is 9. The van der Waals surface area contributed by atoms with E-state index < -0.39 is 18.0 Å². The van der Waals surface area contributed by atoms with Crippen molar-refractivity contribution in [3.05, 3.63) is 35.9 Å². The van der Waals surface area contributed by atoms with Crippen LogP contribution in [0.4, 0.5) is 4.79 Å². The van der Waals surface area contributed by atoms with E-state index in [1.807, 2.05) is 30.3 Å². The monoisotopic (exact) mass is 505 g/mol. The Labute approximate surface area is 211 Å². The van der Waals surface area contributed by atoms with Crippen LogP contribution in [0.15, 0.2) is 30.3 Å². The molecule has 0 bridgehead atoms. The molecule has 0 saturated carbocycles. The average molecular weight is 506 g/mol. The highest BCUT2D eigenvalue weighted by Crippen LogP contribution is 2.16. The van der Waals surface area contributed by atoms with E-state index in [1.54, 1.807) is 0 Å². The Morgan fingerprint density at radius 3 is 2.17 bits per heavy atom. The van der Waals surface area contributed by atoms with Gasteiger partial charge < -0.3 is 29.4 Å². The zero-order valence-corrected chi connectivity index (χ0v) is 20.4. The van der Waals surface area contributed by atoms with E-state index in [1.165, 1.54) is 4.90 Å². The van der Waals surface area contributed by atoms with Crippen molar-refractivity contribution in [2.45, 2.75) is 18.9 Å². The molecule has 3 N–H and O–H groups in total. The molecule has 11 heteroatoms. The Kier molecular flexibility index (Phi) is 14.8. The lowest BCUT2D eigenvalue weighted by Crippen LogP contribution is -2.52. The fourth-order valence-corrected chi connectivity index (χ4v) is 3.19. The standard InChI is InChI=1S/C17H25NO4.C8H10N2O4/c18-8-10-20-12-14-22-16-15-21-13-11-19-9-4-7-17-5-2-1-3-6-17;11-6-2-1-5(7(12)9-6)10-3-4-14-8(10)13/h1-3,5-6H,8-16,18H2;5H,1-4H2,(H,9,11,12). The second-order valence-electron chi connectivity index (χ2n) is 7.62. The lowest BCUT2D eigenvalue weighted by molar-refractivity contribution is -0.136. The molecule has 0 radical (unpaired) electrons. The van der Waals surface area contributed by atoms with Gasteiger partial charge in [-0.05, 0) is 18.6 Å². The number of amides is 3. The third-order valence-corrected chi connectivity index (χ3v) is 4.94. The molecular formula is C25H35N3O8. The molecular weight excluding hydrogens is 470 g/mol. The van der Waals surface area contributed by atoms with Crippen molar-refractivity contribution in [2.75, 3.05) is 72.6 Å². The van der Waals surface area contributed by atoms with Crippen molar-refractivity contribution in [1.82, 2.24) is 10.2 Å². The van der Waals surface area contributed by atoms with Gasteiger partial charge in [-0.1, -0.05) is 30.0 Å². The van der Waals surface area contributed by atoms with Crippen LogP contribution in [0.5, 0.6) is 0 Å². The van der Waals surface area contributed by atoms with Crippen molar-refractivity contribution in [3.8, 4) is 11.8 Å². The highest BCUT2D eigenvalue weighted by molar-refractivity contribution is 6.01. The summed E-state index contributed by atoms with van der Waals surface area (Å²) in [4.78, 5) is 34.7. The van der Waals surface area contributed by atoms with Gasteiger partial charge in [0.05, 0.1) is 52.8 Å². The first kappa shape index (κ1) is 29.2. The molecule has 36 heavy (non-hydrogen) atoms. The molecule has 3 amide bonds. The normalized spacial score (nSPS) is 17.0. The zero-order chi connectivity index (χ0) is 25.8. The quantitative estimate of drug-likeness (QED) is 0.220. The molecule has 0 aliphatic carbocycles.